The number of anilines is 1. The second-order valence-corrected chi connectivity index (χ2v) is 5.95. The topological polar surface area (TPSA) is 38.3 Å². The number of ether oxygens (including phenoxy) is 1. The van der Waals surface area contributed by atoms with E-state index in [1.807, 2.05) is 32.9 Å². The number of halogens is 2. The number of amides is 1. The SMILES string of the molecule is Cc1cc(C)c(NC(=O)COc2cccc(Cl)c2Cl)c(C)c1. The summed E-state index contributed by atoms with van der Waals surface area (Å²) in [5.74, 6) is 0.146. The highest BCUT2D eigenvalue weighted by Crippen LogP contribution is 2.31. The first kappa shape index (κ1) is 16.7. The van der Waals surface area contributed by atoms with Gasteiger partial charge in [0.15, 0.2) is 6.61 Å². The summed E-state index contributed by atoms with van der Waals surface area (Å²) in [6.45, 7) is 5.82. The third-order valence-corrected chi connectivity index (χ3v) is 4.02. The van der Waals surface area contributed by atoms with Crippen LogP contribution in [0, 0.1) is 20.8 Å². The molecule has 0 saturated heterocycles. The Balaban J connectivity index is 2.04. The first-order valence-corrected chi connectivity index (χ1v) is 7.58. The van der Waals surface area contributed by atoms with E-state index >= 15 is 0 Å². The number of benzene rings is 2. The second kappa shape index (κ2) is 7.03. The Labute approximate surface area is 140 Å². The molecule has 0 aliphatic heterocycles. The zero-order valence-electron chi connectivity index (χ0n) is 12.7. The zero-order valence-corrected chi connectivity index (χ0v) is 14.2. The Morgan fingerprint density at radius 2 is 1.77 bits per heavy atom. The van der Waals surface area contributed by atoms with Gasteiger partial charge in [-0.15, -0.1) is 0 Å². The lowest BCUT2D eigenvalue weighted by Crippen LogP contribution is -2.21. The average molecular weight is 338 g/mol. The van der Waals surface area contributed by atoms with E-state index in [0.29, 0.717) is 15.8 Å². The molecule has 0 aliphatic carbocycles. The van der Waals surface area contributed by atoms with E-state index < -0.39 is 0 Å². The Morgan fingerprint density at radius 3 is 2.41 bits per heavy atom. The summed E-state index contributed by atoms with van der Waals surface area (Å²) in [6.07, 6.45) is 0. The highest BCUT2D eigenvalue weighted by molar-refractivity contribution is 6.42. The number of aryl methyl sites for hydroxylation is 3. The molecule has 0 saturated carbocycles. The molecule has 2 aromatic carbocycles. The minimum atomic E-state index is -0.244. The molecule has 0 aliphatic rings. The molecule has 1 N–H and O–H groups in total. The van der Waals surface area contributed by atoms with Gasteiger partial charge in [-0.1, -0.05) is 47.0 Å². The molecule has 0 heterocycles. The third kappa shape index (κ3) is 3.93. The first-order chi connectivity index (χ1) is 10.4. The standard InChI is InChI=1S/C17H17Cl2NO2/c1-10-7-11(2)17(12(3)8-10)20-15(21)9-22-14-6-4-5-13(18)16(14)19/h4-8H,9H2,1-3H3,(H,20,21). The lowest BCUT2D eigenvalue weighted by molar-refractivity contribution is -0.118. The average Bonchev–Trinajstić information content (AvgIpc) is 2.44. The molecular formula is C17H17Cl2NO2. The molecule has 0 atom stereocenters. The van der Waals surface area contributed by atoms with Crippen molar-refractivity contribution in [2.75, 3.05) is 11.9 Å². The quantitative estimate of drug-likeness (QED) is 0.858. The summed E-state index contributed by atoms with van der Waals surface area (Å²) >= 11 is 11.9. The van der Waals surface area contributed by atoms with Crippen molar-refractivity contribution in [3.05, 3.63) is 57.1 Å². The summed E-state index contributed by atoms with van der Waals surface area (Å²) in [6, 6.07) is 9.10. The maximum Gasteiger partial charge on any atom is 0.262 e. The minimum absolute atomic E-state index is 0.132. The number of nitrogens with one attached hydrogen (secondary N) is 1. The van der Waals surface area contributed by atoms with Gasteiger partial charge in [-0.3, -0.25) is 4.79 Å². The van der Waals surface area contributed by atoms with E-state index in [9.17, 15) is 4.79 Å². The summed E-state index contributed by atoms with van der Waals surface area (Å²) < 4.78 is 5.43. The smallest absolute Gasteiger partial charge is 0.262 e. The van der Waals surface area contributed by atoms with E-state index in [4.69, 9.17) is 27.9 Å². The minimum Gasteiger partial charge on any atom is -0.482 e. The molecule has 3 nitrogen and oxygen atoms in total. The van der Waals surface area contributed by atoms with Gasteiger partial charge in [-0.25, -0.2) is 0 Å². The fourth-order valence-electron chi connectivity index (χ4n) is 2.29. The van der Waals surface area contributed by atoms with Gasteiger partial charge in [-0.2, -0.15) is 0 Å². The summed E-state index contributed by atoms with van der Waals surface area (Å²) in [7, 11) is 0. The third-order valence-electron chi connectivity index (χ3n) is 3.22. The van der Waals surface area contributed by atoms with Crippen LogP contribution in [0.1, 0.15) is 16.7 Å². The maximum atomic E-state index is 12.1. The van der Waals surface area contributed by atoms with Crippen molar-refractivity contribution in [3.63, 3.8) is 0 Å². The number of hydrogen-bond donors (Lipinski definition) is 1. The van der Waals surface area contributed by atoms with Gasteiger partial charge in [0.2, 0.25) is 0 Å². The molecule has 22 heavy (non-hydrogen) atoms. The normalized spacial score (nSPS) is 10.4. The van der Waals surface area contributed by atoms with Gasteiger partial charge in [0.25, 0.3) is 5.91 Å². The highest BCUT2D eigenvalue weighted by atomic mass is 35.5. The molecule has 0 bridgehead atoms. The van der Waals surface area contributed by atoms with Crippen molar-refractivity contribution in [1.82, 2.24) is 0 Å². The van der Waals surface area contributed by atoms with E-state index in [2.05, 4.69) is 5.32 Å². The van der Waals surface area contributed by atoms with Crippen LogP contribution in [-0.4, -0.2) is 12.5 Å². The van der Waals surface area contributed by atoms with E-state index in [1.165, 1.54) is 0 Å². The molecule has 0 spiro atoms. The molecule has 1 amide bonds. The van der Waals surface area contributed by atoms with Crippen LogP contribution in [0.2, 0.25) is 10.0 Å². The molecule has 0 unspecified atom stereocenters. The Kier molecular flexibility index (Phi) is 5.33. The van der Waals surface area contributed by atoms with Gasteiger partial charge in [0, 0.05) is 5.69 Å². The lowest BCUT2D eigenvalue weighted by atomic mass is 10.1. The number of hydrogen-bond acceptors (Lipinski definition) is 2. The Morgan fingerprint density at radius 1 is 1.14 bits per heavy atom. The van der Waals surface area contributed by atoms with Crippen LogP contribution >= 0.6 is 23.2 Å². The molecule has 0 fully saturated rings. The summed E-state index contributed by atoms with van der Waals surface area (Å²) in [4.78, 5) is 12.1. The molecule has 5 heteroatoms. The molecule has 0 radical (unpaired) electrons. The predicted octanol–water partition coefficient (Wildman–Crippen LogP) is 4.94. The predicted molar refractivity (Wildman–Crippen MR) is 91.2 cm³/mol. The zero-order chi connectivity index (χ0) is 16.3. The van der Waals surface area contributed by atoms with E-state index in [1.54, 1.807) is 18.2 Å². The van der Waals surface area contributed by atoms with Crippen molar-refractivity contribution < 1.29 is 9.53 Å². The Bertz CT molecular complexity index is 691. The van der Waals surface area contributed by atoms with Crippen molar-refractivity contribution in [3.8, 4) is 5.75 Å². The first-order valence-electron chi connectivity index (χ1n) is 6.83. The van der Waals surface area contributed by atoms with Gasteiger partial charge in [0.05, 0.1) is 5.02 Å². The van der Waals surface area contributed by atoms with Gasteiger partial charge in [0.1, 0.15) is 10.8 Å². The largest absolute Gasteiger partial charge is 0.482 e. The number of carbonyl (C=O) groups excluding carboxylic acids is 1. The van der Waals surface area contributed by atoms with Gasteiger partial charge >= 0.3 is 0 Å². The van der Waals surface area contributed by atoms with Gasteiger partial charge in [-0.05, 0) is 44.0 Å². The van der Waals surface area contributed by atoms with Crippen molar-refractivity contribution in [2.24, 2.45) is 0 Å². The van der Waals surface area contributed by atoms with E-state index in [-0.39, 0.29) is 12.5 Å². The van der Waals surface area contributed by atoms with Gasteiger partial charge < -0.3 is 10.1 Å². The van der Waals surface area contributed by atoms with E-state index in [0.717, 1.165) is 22.4 Å². The van der Waals surface area contributed by atoms with Crippen LogP contribution in [0.15, 0.2) is 30.3 Å². The van der Waals surface area contributed by atoms with Crippen LogP contribution in [0.5, 0.6) is 5.75 Å². The lowest BCUT2D eigenvalue weighted by Gasteiger charge is -2.13. The van der Waals surface area contributed by atoms with Crippen LogP contribution in [0.4, 0.5) is 5.69 Å². The second-order valence-electron chi connectivity index (χ2n) is 5.16. The fourth-order valence-corrected chi connectivity index (χ4v) is 2.64. The number of carbonyl (C=O) groups is 1. The molecule has 2 rings (SSSR count). The summed E-state index contributed by atoms with van der Waals surface area (Å²) in [5.41, 5.74) is 4.02. The number of rotatable bonds is 4. The monoisotopic (exact) mass is 337 g/mol. The summed E-state index contributed by atoms with van der Waals surface area (Å²) in [5, 5.41) is 3.57. The molecule has 0 aromatic heterocycles. The Hall–Kier alpha value is -1.71. The molecule has 116 valence electrons. The maximum absolute atomic E-state index is 12.1. The van der Waals surface area contributed by atoms with Crippen LogP contribution in [0.25, 0.3) is 0 Å². The molecule has 2 aromatic rings. The van der Waals surface area contributed by atoms with Crippen LogP contribution in [0.3, 0.4) is 0 Å². The van der Waals surface area contributed by atoms with Crippen molar-refractivity contribution >= 4 is 34.8 Å². The van der Waals surface area contributed by atoms with Crippen molar-refractivity contribution in [2.45, 2.75) is 20.8 Å². The molecular weight excluding hydrogens is 321 g/mol. The highest BCUT2D eigenvalue weighted by Gasteiger charge is 2.11. The van der Waals surface area contributed by atoms with Crippen LogP contribution in [-0.2, 0) is 4.79 Å². The van der Waals surface area contributed by atoms with Crippen molar-refractivity contribution in [1.29, 1.82) is 0 Å². The fraction of sp³-hybridized carbons (Fsp3) is 0.235. The van der Waals surface area contributed by atoms with Crippen LogP contribution < -0.4 is 10.1 Å².